The molecule has 110 valence electrons. The van der Waals surface area contributed by atoms with Crippen LogP contribution in [0.2, 0.25) is 0 Å². The summed E-state index contributed by atoms with van der Waals surface area (Å²) >= 11 is 0. The molecule has 1 aliphatic rings. The van der Waals surface area contributed by atoms with E-state index in [1.807, 2.05) is 13.0 Å². The molecule has 1 aromatic rings. The topological polar surface area (TPSA) is 58.6 Å². The van der Waals surface area contributed by atoms with Crippen LogP contribution in [0.1, 0.15) is 12.2 Å². The maximum Gasteiger partial charge on any atom is 0.222 e. The fourth-order valence-electron chi connectivity index (χ4n) is 2.52. The van der Waals surface area contributed by atoms with Crippen molar-refractivity contribution in [3.05, 3.63) is 18.1 Å². The Morgan fingerprint density at radius 1 is 1.50 bits per heavy atom. The molecule has 6 heteroatoms. The first-order valence-corrected chi connectivity index (χ1v) is 6.78. The van der Waals surface area contributed by atoms with Gasteiger partial charge in [-0.05, 0) is 13.0 Å². The molecule has 0 bridgehead atoms. The molecule has 2 atom stereocenters. The highest BCUT2D eigenvalue weighted by atomic mass is 16.5. The van der Waals surface area contributed by atoms with E-state index < -0.39 is 0 Å². The molecule has 6 nitrogen and oxygen atoms in total. The van der Waals surface area contributed by atoms with Crippen LogP contribution in [0.3, 0.4) is 0 Å². The number of carbonyl (C=O) groups is 1. The molecule has 1 fully saturated rings. The summed E-state index contributed by atoms with van der Waals surface area (Å²) in [5.74, 6) is 1.99. The van der Waals surface area contributed by atoms with Crippen LogP contribution < -0.4 is 4.90 Å². The summed E-state index contributed by atoms with van der Waals surface area (Å²) in [6, 6.07) is 1.90. The predicted octanol–water partition coefficient (Wildman–Crippen LogP) is 0.715. The van der Waals surface area contributed by atoms with E-state index >= 15 is 0 Å². The first-order chi connectivity index (χ1) is 9.51. The molecule has 0 aliphatic carbocycles. The molecule has 0 radical (unpaired) electrons. The van der Waals surface area contributed by atoms with Crippen molar-refractivity contribution in [1.82, 2.24) is 14.9 Å². The van der Waals surface area contributed by atoms with Crippen LogP contribution in [-0.2, 0) is 9.53 Å². The highest BCUT2D eigenvalue weighted by Crippen LogP contribution is 2.26. The second-order valence-electron chi connectivity index (χ2n) is 5.39. The summed E-state index contributed by atoms with van der Waals surface area (Å²) in [5, 5.41) is 0. The summed E-state index contributed by atoms with van der Waals surface area (Å²) in [4.78, 5) is 24.2. The molecule has 1 aliphatic heterocycles. The quantitative estimate of drug-likeness (QED) is 0.812. The van der Waals surface area contributed by atoms with E-state index in [4.69, 9.17) is 4.74 Å². The van der Waals surface area contributed by atoms with Gasteiger partial charge in [-0.1, -0.05) is 0 Å². The van der Waals surface area contributed by atoms with Crippen molar-refractivity contribution >= 4 is 11.7 Å². The van der Waals surface area contributed by atoms with Crippen molar-refractivity contribution < 1.29 is 9.53 Å². The second-order valence-corrected chi connectivity index (χ2v) is 5.39. The van der Waals surface area contributed by atoms with Gasteiger partial charge in [0.15, 0.2) is 0 Å². The zero-order chi connectivity index (χ0) is 14.7. The molecule has 2 rings (SSSR count). The van der Waals surface area contributed by atoms with Gasteiger partial charge in [-0.25, -0.2) is 9.97 Å². The fraction of sp³-hybridized carbons (Fsp3) is 0.643. The molecule has 0 N–H and O–H groups in total. The minimum absolute atomic E-state index is 0.0640. The third-order valence-electron chi connectivity index (χ3n) is 3.70. The van der Waals surface area contributed by atoms with Crippen molar-refractivity contribution in [3.8, 4) is 0 Å². The van der Waals surface area contributed by atoms with Gasteiger partial charge in [0.25, 0.3) is 0 Å². The zero-order valence-electron chi connectivity index (χ0n) is 12.5. The third-order valence-corrected chi connectivity index (χ3v) is 3.70. The molecule has 1 saturated heterocycles. The molecule has 2 heterocycles. The van der Waals surface area contributed by atoms with Crippen molar-refractivity contribution in [2.75, 3.05) is 39.2 Å². The van der Waals surface area contributed by atoms with Crippen LogP contribution in [0, 0.1) is 12.8 Å². The van der Waals surface area contributed by atoms with Gasteiger partial charge in [0, 0.05) is 52.8 Å². The molecule has 20 heavy (non-hydrogen) atoms. The van der Waals surface area contributed by atoms with Crippen LogP contribution in [0.4, 0.5) is 5.82 Å². The molecule has 1 aromatic heterocycles. The molecule has 0 unspecified atom stereocenters. The number of nitrogens with zero attached hydrogens (tertiary/aromatic N) is 4. The maximum absolute atomic E-state index is 11.9. The summed E-state index contributed by atoms with van der Waals surface area (Å²) in [6.45, 7) is 3.42. The average molecular weight is 278 g/mol. The van der Waals surface area contributed by atoms with Gasteiger partial charge in [0.05, 0.1) is 6.10 Å². The van der Waals surface area contributed by atoms with Gasteiger partial charge in [-0.3, -0.25) is 4.79 Å². The number of aromatic nitrogens is 2. The Hall–Kier alpha value is -1.69. The normalized spacial score (nSPS) is 22.1. The van der Waals surface area contributed by atoms with E-state index in [1.165, 1.54) is 0 Å². The Labute approximate surface area is 119 Å². The minimum Gasteiger partial charge on any atom is -0.379 e. The number of amides is 1. The summed E-state index contributed by atoms with van der Waals surface area (Å²) in [6.07, 6.45) is 2.33. The van der Waals surface area contributed by atoms with Crippen LogP contribution in [-0.4, -0.2) is 61.2 Å². The van der Waals surface area contributed by atoms with Crippen LogP contribution in [0.15, 0.2) is 12.3 Å². The SMILES string of the molecule is CO[C@H]1CN(c2ccnc(C)n2)C[C@@H]1CC(=O)N(C)C. The average Bonchev–Trinajstić information content (AvgIpc) is 2.81. The van der Waals surface area contributed by atoms with E-state index in [1.54, 1.807) is 32.3 Å². The van der Waals surface area contributed by atoms with Crippen molar-refractivity contribution in [2.45, 2.75) is 19.4 Å². The molecular weight excluding hydrogens is 256 g/mol. The number of hydrogen-bond acceptors (Lipinski definition) is 5. The summed E-state index contributed by atoms with van der Waals surface area (Å²) < 4.78 is 5.53. The van der Waals surface area contributed by atoms with Gasteiger partial charge in [-0.2, -0.15) is 0 Å². The Balaban J connectivity index is 2.07. The van der Waals surface area contributed by atoms with E-state index in [9.17, 15) is 4.79 Å². The van der Waals surface area contributed by atoms with Gasteiger partial charge in [-0.15, -0.1) is 0 Å². The first-order valence-electron chi connectivity index (χ1n) is 6.78. The largest absolute Gasteiger partial charge is 0.379 e. The number of methoxy groups -OCH3 is 1. The summed E-state index contributed by atoms with van der Waals surface area (Å²) in [5.41, 5.74) is 0. The number of rotatable bonds is 4. The van der Waals surface area contributed by atoms with Crippen LogP contribution in [0.5, 0.6) is 0 Å². The lowest BCUT2D eigenvalue weighted by Crippen LogP contribution is -2.29. The highest BCUT2D eigenvalue weighted by Gasteiger charge is 2.35. The lowest BCUT2D eigenvalue weighted by atomic mass is 10.0. The second kappa shape index (κ2) is 6.17. The molecule has 1 amide bonds. The Morgan fingerprint density at radius 2 is 2.25 bits per heavy atom. The lowest BCUT2D eigenvalue weighted by Gasteiger charge is -2.18. The number of ether oxygens (including phenoxy) is 1. The van der Waals surface area contributed by atoms with Crippen molar-refractivity contribution in [1.29, 1.82) is 0 Å². The smallest absolute Gasteiger partial charge is 0.222 e. The van der Waals surface area contributed by atoms with Crippen LogP contribution in [0.25, 0.3) is 0 Å². The lowest BCUT2D eigenvalue weighted by molar-refractivity contribution is -0.130. The van der Waals surface area contributed by atoms with Gasteiger partial charge in [0.1, 0.15) is 11.6 Å². The Morgan fingerprint density at radius 3 is 2.85 bits per heavy atom. The molecule has 0 saturated carbocycles. The van der Waals surface area contributed by atoms with E-state index in [-0.39, 0.29) is 17.9 Å². The van der Waals surface area contributed by atoms with E-state index in [2.05, 4.69) is 14.9 Å². The number of carbonyl (C=O) groups excluding carboxylic acids is 1. The van der Waals surface area contributed by atoms with Gasteiger partial charge >= 0.3 is 0 Å². The molecule has 0 spiro atoms. The Bertz CT molecular complexity index is 478. The van der Waals surface area contributed by atoms with Gasteiger partial charge < -0.3 is 14.5 Å². The highest BCUT2D eigenvalue weighted by molar-refractivity contribution is 5.76. The third kappa shape index (κ3) is 3.25. The summed E-state index contributed by atoms with van der Waals surface area (Å²) in [7, 11) is 5.27. The van der Waals surface area contributed by atoms with Crippen LogP contribution >= 0.6 is 0 Å². The van der Waals surface area contributed by atoms with E-state index in [0.717, 1.165) is 24.7 Å². The fourth-order valence-corrected chi connectivity index (χ4v) is 2.52. The number of anilines is 1. The van der Waals surface area contributed by atoms with E-state index in [0.29, 0.717) is 6.42 Å². The minimum atomic E-state index is 0.0640. The first kappa shape index (κ1) is 14.7. The zero-order valence-corrected chi connectivity index (χ0v) is 12.5. The molecule has 0 aromatic carbocycles. The Kier molecular flexibility index (Phi) is 4.54. The number of hydrogen-bond donors (Lipinski definition) is 0. The van der Waals surface area contributed by atoms with Crippen molar-refractivity contribution in [2.24, 2.45) is 5.92 Å². The number of aryl methyl sites for hydroxylation is 1. The predicted molar refractivity (Wildman–Crippen MR) is 76.6 cm³/mol. The maximum atomic E-state index is 11.9. The van der Waals surface area contributed by atoms with Crippen molar-refractivity contribution in [3.63, 3.8) is 0 Å². The standard InChI is InChI=1S/C14H22N4O2/c1-10-15-6-5-13(16-10)18-8-11(12(9-18)20-4)7-14(19)17(2)3/h5-6,11-12H,7-9H2,1-4H3/t11-,12-/m0/s1. The molecular formula is C14H22N4O2. The van der Waals surface area contributed by atoms with Gasteiger partial charge in [0.2, 0.25) is 5.91 Å². The monoisotopic (exact) mass is 278 g/mol.